The number of benzene rings is 1. The Morgan fingerprint density at radius 3 is 2.83 bits per heavy atom. The molecule has 1 atom stereocenters. The van der Waals surface area contributed by atoms with Gasteiger partial charge in [-0.15, -0.1) is 0 Å². The van der Waals surface area contributed by atoms with Crippen LogP contribution in [-0.4, -0.2) is 10.1 Å². The minimum absolute atomic E-state index is 0.158. The van der Waals surface area contributed by atoms with Crippen LogP contribution >= 0.6 is 0 Å². The summed E-state index contributed by atoms with van der Waals surface area (Å²) in [7, 11) is 0. The zero-order valence-electron chi connectivity index (χ0n) is 10.7. The van der Waals surface area contributed by atoms with Crippen molar-refractivity contribution in [1.82, 2.24) is 10.3 Å². The number of nitrogens with zero attached hydrogens (tertiary/aromatic N) is 1. The molecule has 3 heteroatoms. The van der Waals surface area contributed by atoms with Crippen molar-refractivity contribution in [3.63, 3.8) is 0 Å². The molecule has 0 amide bonds. The van der Waals surface area contributed by atoms with Gasteiger partial charge in [-0.1, -0.05) is 23.8 Å². The van der Waals surface area contributed by atoms with Crippen LogP contribution in [0.15, 0.2) is 42.6 Å². The maximum atomic E-state index is 9.76. The first-order valence-electron chi connectivity index (χ1n) is 6.09. The average Bonchev–Trinajstić information content (AvgIpc) is 2.40. The molecule has 1 aromatic heterocycles. The Bertz CT molecular complexity index is 511. The molecule has 0 bridgehead atoms. The zero-order chi connectivity index (χ0) is 13.0. The van der Waals surface area contributed by atoms with Crippen molar-refractivity contribution >= 4 is 0 Å². The SMILES string of the molecule is Cc1ccc(O)c(CNC(C)c2ccccn2)c1. The van der Waals surface area contributed by atoms with Gasteiger partial charge in [0.2, 0.25) is 0 Å². The minimum Gasteiger partial charge on any atom is -0.508 e. The van der Waals surface area contributed by atoms with E-state index in [2.05, 4.69) is 17.2 Å². The summed E-state index contributed by atoms with van der Waals surface area (Å²) in [6, 6.07) is 11.7. The lowest BCUT2D eigenvalue weighted by molar-refractivity contribution is 0.459. The monoisotopic (exact) mass is 242 g/mol. The van der Waals surface area contributed by atoms with Crippen molar-refractivity contribution in [1.29, 1.82) is 0 Å². The molecule has 0 saturated heterocycles. The van der Waals surface area contributed by atoms with Crippen LogP contribution in [0.1, 0.15) is 29.8 Å². The van der Waals surface area contributed by atoms with Crippen LogP contribution in [0.5, 0.6) is 5.75 Å². The fourth-order valence-electron chi connectivity index (χ4n) is 1.86. The maximum absolute atomic E-state index is 9.76. The molecule has 1 unspecified atom stereocenters. The molecule has 1 aromatic carbocycles. The van der Waals surface area contributed by atoms with Gasteiger partial charge < -0.3 is 10.4 Å². The molecule has 0 saturated carbocycles. The summed E-state index contributed by atoms with van der Waals surface area (Å²) in [6.07, 6.45) is 1.79. The Hall–Kier alpha value is -1.87. The van der Waals surface area contributed by atoms with Crippen molar-refractivity contribution < 1.29 is 5.11 Å². The Kier molecular flexibility index (Phi) is 3.95. The maximum Gasteiger partial charge on any atom is 0.120 e. The van der Waals surface area contributed by atoms with Crippen LogP contribution in [0.3, 0.4) is 0 Å². The van der Waals surface area contributed by atoms with Crippen LogP contribution in [0.2, 0.25) is 0 Å². The molecule has 3 nitrogen and oxygen atoms in total. The van der Waals surface area contributed by atoms with Gasteiger partial charge in [0.25, 0.3) is 0 Å². The van der Waals surface area contributed by atoms with E-state index in [4.69, 9.17) is 0 Å². The lowest BCUT2D eigenvalue weighted by atomic mass is 10.1. The molecule has 2 N–H and O–H groups in total. The lowest BCUT2D eigenvalue weighted by Gasteiger charge is -2.14. The number of hydrogen-bond donors (Lipinski definition) is 2. The van der Waals surface area contributed by atoms with Crippen molar-refractivity contribution in [3.05, 3.63) is 59.4 Å². The number of pyridine rings is 1. The van der Waals surface area contributed by atoms with Gasteiger partial charge in [0.05, 0.1) is 5.69 Å². The predicted molar refractivity (Wildman–Crippen MR) is 72.3 cm³/mol. The van der Waals surface area contributed by atoms with Gasteiger partial charge in [-0.2, -0.15) is 0 Å². The third-order valence-corrected chi connectivity index (χ3v) is 2.97. The Balaban J connectivity index is 2.01. The van der Waals surface area contributed by atoms with Crippen molar-refractivity contribution in [2.24, 2.45) is 0 Å². The topological polar surface area (TPSA) is 45.1 Å². The van der Waals surface area contributed by atoms with E-state index in [0.29, 0.717) is 12.3 Å². The highest BCUT2D eigenvalue weighted by Gasteiger charge is 2.07. The summed E-state index contributed by atoms with van der Waals surface area (Å²) in [5.41, 5.74) is 3.07. The first-order valence-corrected chi connectivity index (χ1v) is 6.09. The largest absolute Gasteiger partial charge is 0.508 e. The third kappa shape index (κ3) is 3.08. The Morgan fingerprint density at radius 2 is 2.11 bits per heavy atom. The highest BCUT2D eigenvalue weighted by atomic mass is 16.3. The van der Waals surface area contributed by atoms with Gasteiger partial charge in [0, 0.05) is 24.3 Å². The van der Waals surface area contributed by atoms with E-state index in [1.54, 1.807) is 12.3 Å². The molecule has 0 radical (unpaired) electrons. The first kappa shape index (κ1) is 12.6. The molecule has 0 aliphatic rings. The Morgan fingerprint density at radius 1 is 1.28 bits per heavy atom. The van der Waals surface area contributed by atoms with Gasteiger partial charge in [0.1, 0.15) is 5.75 Å². The number of aryl methyl sites for hydroxylation is 1. The average molecular weight is 242 g/mol. The number of hydrogen-bond acceptors (Lipinski definition) is 3. The van der Waals surface area contributed by atoms with Gasteiger partial charge in [-0.3, -0.25) is 4.98 Å². The van der Waals surface area contributed by atoms with Crippen LogP contribution in [0.4, 0.5) is 0 Å². The molecule has 0 aliphatic carbocycles. The van der Waals surface area contributed by atoms with Gasteiger partial charge in [-0.05, 0) is 32.0 Å². The van der Waals surface area contributed by atoms with Gasteiger partial charge in [0.15, 0.2) is 0 Å². The van der Waals surface area contributed by atoms with Crippen LogP contribution in [0, 0.1) is 6.92 Å². The fraction of sp³-hybridized carbons (Fsp3) is 0.267. The van der Waals surface area contributed by atoms with E-state index in [9.17, 15) is 5.11 Å². The van der Waals surface area contributed by atoms with Crippen molar-refractivity contribution in [2.45, 2.75) is 26.4 Å². The lowest BCUT2D eigenvalue weighted by Crippen LogP contribution is -2.19. The highest BCUT2D eigenvalue weighted by Crippen LogP contribution is 2.19. The summed E-state index contributed by atoms with van der Waals surface area (Å²) in [5.74, 6) is 0.335. The van der Waals surface area contributed by atoms with E-state index in [1.807, 2.05) is 37.3 Å². The van der Waals surface area contributed by atoms with E-state index in [1.165, 1.54) is 0 Å². The van der Waals surface area contributed by atoms with E-state index >= 15 is 0 Å². The summed E-state index contributed by atoms with van der Waals surface area (Å²) in [4.78, 5) is 4.31. The molecule has 18 heavy (non-hydrogen) atoms. The van der Waals surface area contributed by atoms with Crippen molar-refractivity contribution in [2.75, 3.05) is 0 Å². The van der Waals surface area contributed by atoms with E-state index in [0.717, 1.165) is 16.8 Å². The van der Waals surface area contributed by atoms with E-state index < -0.39 is 0 Å². The zero-order valence-corrected chi connectivity index (χ0v) is 10.7. The molecule has 2 aromatic rings. The Labute approximate surface area is 108 Å². The van der Waals surface area contributed by atoms with Crippen LogP contribution < -0.4 is 5.32 Å². The van der Waals surface area contributed by atoms with Gasteiger partial charge in [-0.25, -0.2) is 0 Å². The standard InChI is InChI=1S/C15H18N2O/c1-11-6-7-15(18)13(9-11)10-17-12(2)14-5-3-4-8-16-14/h3-9,12,17-18H,10H2,1-2H3. The summed E-state index contributed by atoms with van der Waals surface area (Å²) < 4.78 is 0. The summed E-state index contributed by atoms with van der Waals surface area (Å²) >= 11 is 0. The predicted octanol–water partition coefficient (Wildman–Crippen LogP) is 2.95. The fourth-order valence-corrected chi connectivity index (χ4v) is 1.86. The number of aromatic hydroxyl groups is 1. The second-order valence-corrected chi connectivity index (χ2v) is 4.49. The number of rotatable bonds is 4. The molecular weight excluding hydrogens is 224 g/mol. The number of phenolic OH excluding ortho intramolecular Hbond substituents is 1. The molecule has 0 aliphatic heterocycles. The molecule has 2 rings (SSSR count). The smallest absolute Gasteiger partial charge is 0.120 e. The van der Waals surface area contributed by atoms with E-state index in [-0.39, 0.29) is 6.04 Å². The van der Waals surface area contributed by atoms with Crippen LogP contribution in [-0.2, 0) is 6.54 Å². The molecule has 1 heterocycles. The second kappa shape index (κ2) is 5.65. The molecule has 0 spiro atoms. The number of phenols is 1. The quantitative estimate of drug-likeness (QED) is 0.866. The summed E-state index contributed by atoms with van der Waals surface area (Å²) in [5, 5.41) is 13.1. The molecular formula is C15H18N2O. The van der Waals surface area contributed by atoms with Crippen molar-refractivity contribution in [3.8, 4) is 5.75 Å². The molecule has 94 valence electrons. The number of nitrogens with one attached hydrogen (secondary N) is 1. The number of aromatic nitrogens is 1. The summed E-state index contributed by atoms with van der Waals surface area (Å²) in [6.45, 7) is 4.71. The normalized spacial score (nSPS) is 12.3. The highest BCUT2D eigenvalue weighted by molar-refractivity contribution is 5.35. The van der Waals surface area contributed by atoms with Crippen LogP contribution in [0.25, 0.3) is 0 Å². The minimum atomic E-state index is 0.158. The molecule has 0 fully saturated rings. The third-order valence-electron chi connectivity index (χ3n) is 2.97. The van der Waals surface area contributed by atoms with Gasteiger partial charge >= 0.3 is 0 Å². The second-order valence-electron chi connectivity index (χ2n) is 4.49. The first-order chi connectivity index (χ1) is 8.66.